The topological polar surface area (TPSA) is 55.1 Å². The van der Waals surface area contributed by atoms with Gasteiger partial charge in [0.1, 0.15) is 0 Å². The molecule has 3 N–H and O–H groups in total. The molecule has 0 fully saturated rings. The quantitative estimate of drug-likeness (QED) is 0.837. The number of fused-ring (bicyclic) bond motifs is 1. The van der Waals surface area contributed by atoms with Gasteiger partial charge in [-0.25, -0.2) is 0 Å². The number of primary amides is 1. The molecule has 0 radical (unpaired) electrons. The number of benzene rings is 1. The fraction of sp³-hybridized carbons (Fsp3) is 0.214. The highest BCUT2D eigenvalue weighted by Crippen LogP contribution is 2.38. The Balaban J connectivity index is 2.41. The van der Waals surface area contributed by atoms with Crippen LogP contribution in [0, 0.1) is 0 Å². The Morgan fingerprint density at radius 1 is 1.45 bits per heavy atom. The Morgan fingerprint density at radius 2 is 2.15 bits per heavy atom. The summed E-state index contributed by atoms with van der Waals surface area (Å²) in [4.78, 5) is 10.9. The van der Waals surface area contributed by atoms with Crippen molar-refractivity contribution in [1.82, 2.24) is 0 Å². The molecule has 1 aromatic carbocycles. The lowest BCUT2D eigenvalue weighted by molar-refractivity contribution is -0.137. The molecule has 0 saturated carbocycles. The van der Waals surface area contributed by atoms with Crippen LogP contribution < -0.4 is 11.1 Å². The maximum absolute atomic E-state index is 12.7. The van der Waals surface area contributed by atoms with Gasteiger partial charge >= 0.3 is 6.18 Å². The number of carbonyl (C=O) groups is 1. The molecule has 1 unspecified atom stereocenters. The van der Waals surface area contributed by atoms with Crippen LogP contribution in [0.4, 0.5) is 18.9 Å². The zero-order valence-corrected chi connectivity index (χ0v) is 10.5. The summed E-state index contributed by atoms with van der Waals surface area (Å²) < 4.78 is 38.1. The SMILES string of the molecule is C=CC1C=C(CC(N)=O)Nc2ccc(C(F)(F)F)cc21. The van der Waals surface area contributed by atoms with Crippen molar-refractivity contribution in [3.8, 4) is 0 Å². The van der Waals surface area contributed by atoms with Crippen molar-refractivity contribution in [1.29, 1.82) is 0 Å². The van der Waals surface area contributed by atoms with Crippen molar-refractivity contribution >= 4 is 11.6 Å². The van der Waals surface area contributed by atoms with Gasteiger partial charge < -0.3 is 11.1 Å². The van der Waals surface area contributed by atoms with Crippen LogP contribution in [-0.4, -0.2) is 5.91 Å². The Hall–Kier alpha value is -2.24. The van der Waals surface area contributed by atoms with Crippen LogP contribution >= 0.6 is 0 Å². The third kappa shape index (κ3) is 2.84. The minimum atomic E-state index is -4.39. The lowest BCUT2D eigenvalue weighted by Gasteiger charge is -2.25. The Labute approximate surface area is 114 Å². The molecular weight excluding hydrogens is 269 g/mol. The Morgan fingerprint density at radius 3 is 2.70 bits per heavy atom. The van der Waals surface area contributed by atoms with E-state index in [0.29, 0.717) is 16.9 Å². The summed E-state index contributed by atoms with van der Waals surface area (Å²) >= 11 is 0. The van der Waals surface area contributed by atoms with Crippen LogP contribution in [0.25, 0.3) is 0 Å². The summed E-state index contributed by atoms with van der Waals surface area (Å²) in [5.41, 5.74) is 5.97. The minimum Gasteiger partial charge on any atom is -0.369 e. The van der Waals surface area contributed by atoms with Crippen molar-refractivity contribution in [2.75, 3.05) is 5.32 Å². The molecule has 20 heavy (non-hydrogen) atoms. The molecule has 0 spiro atoms. The van der Waals surface area contributed by atoms with E-state index < -0.39 is 17.6 Å². The van der Waals surface area contributed by atoms with Gasteiger partial charge in [-0.15, -0.1) is 6.58 Å². The second-order valence-electron chi connectivity index (χ2n) is 4.52. The van der Waals surface area contributed by atoms with Gasteiger partial charge in [-0.05, 0) is 23.8 Å². The molecule has 0 aromatic heterocycles. The number of nitrogens with one attached hydrogen (secondary N) is 1. The van der Waals surface area contributed by atoms with Crippen molar-refractivity contribution < 1.29 is 18.0 Å². The van der Waals surface area contributed by atoms with E-state index in [1.165, 1.54) is 12.1 Å². The van der Waals surface area contributed by atoms with Crippen molar-refractivity contribution in [2.24, 2.45) is 5.73 Å². The molecule has 1 aliphatic rings. The molecule has 1 atom stereocenters. The van der Waals surface area contributed by atoms with Gasteiger partial charge in [0.05, 0.1) is 12.0 Å². The predicted molar refractivity (Wildman–Crippen MR) is 69.9 cm³/mol. The lowest BCUT2D eigenvalue weighted by Crippen LogP contribution is -2.19. The highest BCUT2D eigenvalue weighted by molar-refractivity contribution is 5.78. The molecule has 1 aliphatic heterocycles. The third-order valence-electron chi connectivity index (χ3n) is 3.03. The van der Waals surface area contributed by atoms with Gasteiger partial charge in [-0.3, -0.25) is 4.79 Å². The van der Waals surface area contributed by atoms with E-state index in [9.17, 15) is 18.0 Å². The first-order valence-corrected chi connectivity index (χ1v) is 5.91. The molecule has 1 heterocycles. The fourth-order valence-electron chi connectivity index (χ4n) is 2.14. The van der Waals surface area contributed by atoms with E-state index in [-0.39, 0.29) is 12.3 Å². The Bertz CT molecular complexity index is 591. The number of nitrogens with two attached hydrogens (primary N) is 1. The number of hydrogen-bond acceptors (Lipinski definition) is 2. The molecule has 0 bridgehead atoms. The monoisotopic (exact) mass is 282 g/mol. The smallest absolute Gasteiger partial charge is 0.369 e. The number of anilines is 1. The molecule has 2 rings (SSSR count). The molecule has 1 amide bonds. The summed E-state index contributed by atoms with van der Waals surface area (Å²) in [6, 6.07) is 3.44. The highest BCUT2D eigenvalue weighted by Gasteiger charge is 2.32. The molecule has 106 valence electrons. The summed E-state index contributed by atoms with van der Waals surface area (Å²) in [6.07, 6.45) is -1.20. The first-order valence-electron chi connectivity index (χ1n) is 5.91. The molecule has 1 aromatic rings. The van der Waals surface area contributed by atoms with Crippen LogP contribution in [-0.2, 0) is 11.0 Å². The summed E-state index contributed by atoms with van der Waals surface area (Å²) in [5.74, 6) is -0.898. The summed E-state index contributed by atoms with van der Waals surface area (Å²) in [7, 11) is 0. The number of halogens is 3. The number of amides is 1. The van der Waals surface area contributed by atoms with Crippen LogP contribution in [0.2, 0.25) is 0 Å². The number of rotatable bonds is 3. The first kappa shape index (κ1) is 14.2. The molecule has 0 saturated heterocycles. The zero-order valence-electron chi connectivity index (χ0n) is 10.5. The maximum Gasteiger partial charge on any atom is 0.416 e. The molecule has 6 heteroatoms. The van der Waals surface area contributed by atoms with Gasteiger partial charge in [0.2, 0.25) is 5.91 Å². The molecular formula is C14H13F3N2O. The van der Waals surface area contributed by atoms with E-state index in [0.717, 1.165) is 12.1 Å². The van der Waals surface area contributed by atoms with E-state index in [2.05, 4.69) is 11.9 Å². The third-order valence-corrected chi connectivity index (χ3v) is 3.03. The average molecular weight is 282 g/mol. The van der Waals surface area contributed by atoms with Crippen LogP contribution in [0.3, 0.4) is 0 Å². The second kappa shape index (κ2) is 5.03. The summed E-state index contributed by atoms with van der Waals surface area (Å²) in [5, 5.41) is 2.92. The Kier molecular flexibility index (Phi) is 3.57. The predicted octanol–water partition coefficient (Wildman–Crippen LogP) is 3.16. The molecule has 0 aliphatic carbocycles. The fourth-order valence-corrected chi connectivity index (χ4v) is 2.14. The van der Waals surface area contributed by atoms with Crippen molar-refractivity contribution in [3.05, 3.63) is 53.8 Å². The van der Waals surface area contributed by atoms with E-state index in [1.54, 1.807) is 6.08 Å². The second-order valence-corrected chi connectivity index (χ2v) is 4.52. The van der Waals surface area contributed by atoms with Crippen molar-refractivity contribution in [3.63, 3.8) is 0 Å². The first-order chi connectivity index (χ1) is 9.31. The number of alkyl halides is 3. The number of carbonyl (C=O) groups excluding carboxylic acids is 1. The normalized spacial score (nSPS) is 17.8. The van der Waals surface area contributed by atoms with Gasteiger partial charge in [-0.1, -0.05) is 12.2 Å². The van der Waals surface area contributed by atoms with Gasteiger partial charge in [0, 0.05) is 17.3 Å². The van der Waals surface area contributed by atoms with Crippen LogP contribution in [0.5, 0.6) is 0 Å². The molecule has 3 nitrogen and oxygen atoms in total. The number of hydrogen-bond donors (Lipinski definition) is 2. The van der Waals surface area contributed by atoms with E-state index in [4.69, 9.17) is 5.73 Å². The lowest BCUT2D eigenvalue weighted by atomic mass is 9.91. The zero-order chi connectivity index (χ0) is 14.9. The van der Waals surface area contributed by atoms with Gasteiger partial charge in [0.15, 0.2) is 0 Å². The van der Waals surface area contributed by atoms with E-state index in [1.807, 2.05) is 0 Å². The standard InChI is InChI=1S/C14H13F3N2O/c1-2-8-5-10(7-13(18)20)19-12-4-3-9(6-11(8)12)14(15,16)17/h2-6,8,19H,1,7H2,(H2,18,20). The highest BCUT2D eigenvalue weighted by atomic mass is 19.4. The maximum atomic E-state index is 12.7. The van der Waals surface area contributed by atoms with Crippen LogP contribution in [0.15, 0.2) is 42.6 Å². The summed E-state index contributed by atoms with van der Waals surface area (Å²) in [6.45, 7) is 3.62. The van der Waals surface area contributed by atoms with Crippen molar-refractivity contribution in [2.45, 2.75) is 18.5 Å². The van der Waals surface area contributed by atoms with E-state index >= 15 is 0 Å². The average Bonchev–Trinajstić information content (AvgIpc) is 2.35. The number of allylic oxidation sites excluding steroid dienone is 2. The van der Waals surface area contributed by atoms with Crippen LogP contribution in [0.1, 0.15) is 23.5 Å². The minimum absolute atomic E-state index is 0.00476. The largest absolute Gasteiger partial charge is 0.416 e. The van der Waals surface area contributed by atoms with Gasteiger partial charge in [0.25, 0.3) is 0 Å². The van der Waals surface area contributed by atoms with Gasteiger partial charge in [-0.2, -0.15) is 13.2 Å².